The Kier molecular flexibility index (Phi) is 4.60. The monoisotopic (exact) mass is 328 g/mol. The van der Waals surface area contributed by atoms with Crippen LogP contribution in [-0.2, 0) is 9.59 Å². The van der Waals surface area contributed by atoms with Gasteiger partial charge in [0.2, 0.25) is 0 Å². The average molecular weight is 328 g/mol. The third-order valence-corrected chi connectivity index (χ3v) is 4.68. The number of rotatable bonds is 4. The van der Waals surface area contributed by atoms with E-state index in [1.165, 1.54) is 25.3 Å². The normalized spacial score (nSPS) is 22.8. The van der Waals surface area contributed by atoms with Crippen LogP contribution in [0.25, 0.3) is 0 Å². The second kappa shape index (κ2) is 6.67. The molecule has 1 heterocycles. The van der Waals surface area contributed by atoms with Crippen LogP contribution in [0.4, 0.5) is 5.69 Å². The molecule has 1 aliphatic carbocycles. The van der Waals surface area contributed by atoms with Crippen molar-refractivity contribution in [3.63, 3.8) is 0 Å². The van der Waals surface area contributed by atoms with Crippen LogP contribution >= 0.6 is 0 Å². The highest BCUT2D eigenvalue weighted by Crippen LogP contribution is 2.34. The molecule has 0 saturated heterocycles. The van der Waals surface area contributed by atoms with E-state index in [1.54, 1.807) is 6.07 Å². The van der Waals surface area contributed by atoms with Gasteiger partial charge >= 0.3 is 0 Å². The first kappa shape index (κ1) is 16.6. The lowest BCUT2D eigenvalue weighted by atomic mass is 9.97. The van der Waals surface area contributed by atoms with E-state index >= 15 is 0 Å². The summed E-state index contributed by atoms with van der Waals surface area (Å²) < 4.78 is 5.75. The number of ether oxygens (including phenoxy) is 1. The molecular weight excluding hydrogens is 304 g/mol. The Hall–Kier alpha value is -2.30. The zero-order valence-electron chi connectivity index (χ0n) is 14.3. The minimum absolute atomic E-state index is 0.400. The molecule has 5 nitrogen and oxygen atoms in total. The van der Waals surface area contributed by atoms with E-state index in [4.69, 9.17) is 4.74 Å². The molecule has 0 spiro atoms. The van der Waals surface area contributed by atoms with Crippen LogP contribution in [0.2, 0.25) is 0 Å². The molecule has 5 heteroatoms. The van der Waals surface area contributed by atoms with Gasteiger partial charge in [-0.1, -0.05) is 17.7 Å². The number of benzene rings is 1. The van der Waals surface area contributed by atoms with Gasteiger partial charge in [0, 0.05) is 6.54 Å². The molecule has 0 radical (unpaired) electrons. The van der Waals surface area contributed by atoms with Gasteiger partial charge in [0.25, 0.3) is 17.4 Å². The van der Waals surface area contributed by atoms with Crippen molar-refractivity contribution in [2.45, 2.75) is 51.6 Å². The molecule has 0 bridgehead atoms. The Morgan fingerprint density at radius 2 is 2.21 bits per heavy atom. The number of anilines is 1. The minimum Gasteiger partial charge on any atom is -0.466 e. The number of aryl methyl sites for hydroxylation is 1. The molecule has 1 aliphatic heterocycles. The van der Waals surface area contributed by atoms with Gasteiger partial charge in [-0.2, -0.15) is 0 Å². The maximum absolute atomic E-state index is 12.5. The maximum atomic E-state index is 12.5. The van der Waals surface area contributed by atoms with Crippen LogP contribution < -0.4 is 15.4 Å². The van der Waals surface area contributed by atoms with Gasteiger partial charge in [0.05, 0.1) is 5.69 Å². The van der Waals surface area contributed by atoms with Crippen molar-refractivity contribution in [2.75, 3.05) is 11.9 Å². The second-order valence-corrected chi connectivity index (χ2v) is 6.70. The average Bonchev–Trinajstić information content (AvgIpc) is 2.57. The Labute approximate surface area is 142 Å². The van der Waals surface area contributed by atoms with Crippen LogP contribution in [0, 0.1) is 6.92 Å². The van der Waals surface area contributed by atoms with Gasteiger partial charge in [0.1, 0.15) is 5.75 Å². The largest absolute Gasteiger partial charge is 0.466 e. The number of fused-ring (bicyclic) bond motifs is 1. The molecule has 2 N–H and O–H groups in total. The van der Waals surface area contributed by atoms with Crippen LogP contribution in [-0.4, -0.2) is 24.0 Å². The quantitative estimate of drug-likeness (QED) is 0.659. The molecule has 3 rings (SSSR count). The predicted molar refractivity (Wildman–Crippen MR) is 93.0 cm³/mol. The first-order valence-corrected chi connectivity index (χ1v) is 8.56. The second-order valence-electron chi connectivity index (χ2n) is 6.70. The zero-order chi connectivity index (χ0) is 17.2. The number of allylic oxidation sites excluding steroid dienone is 1. The Bertz CT molecular complexity index is 696. The predicted octanol–water partition coefficient (Wildman–Crippen LogP) is 3.09. The molecular formula is C19H24N2O3. The van der Waals surface area contributed by atoms with E-state index in [9.17, 15) is 9.59 Å². The molecule has 0 aromatic heterocycles. The fourth-order valence-corrected chi connectivity index (χ4v) is 3.12. The summed E-state index contributed by atoms with van der Waals surface area (Å²) in [5.74, 6) is -0.314. The Morgan fingerprint density at radius 1 is 1.38 bits per heavy atom. The van der Waals surface area contributed by atoms with Crippen molar-refractivity contribution < 1.29 is 14.3 Å². The molecule has 2 aliphatic rings. The van der Waals surface area contributed by atoms with E-state index in [2.05, 4.69) is 16.7 Å². The highest BCUT2D eigenvalue weighted by atomic mass is 16.5. The van der Waals surface area contributed by atoms with E-state index in [0.717, 1.165) is 24.8 Å². The van der Waals surface area contributed by atoms with Gasteiger partial charge in [0.15, 0.2) is 0 Å². The Balaban J connectivity index is 1.64. The first-order valence-electron chi connectivity index (χ1n) is 8.56. The number of hydrogen-bond acceptors (Lipinski definition) is 3. The highest BCUT2D eigenvalue weighted by molar-refractivity contribution is 6.15. The number of hydrogen-bond donors (Lipinski definition) is 2. The van der Waals surface area contributed by atoms with E-state index in [1.807, 2.05) is 19.1 Å². The van der Waals surface area contributed by atoms with E-state index in [-0.39, 0.29) is 0 Å². The molecule has 24 heavy (non-hydrogen) atoms. The number of nitrogens with one attached hydrogen (secondary N) is 2. The number of carbonyl (C=O) groups is 2. The molecule has 128 valence electrons. The summed E-state index contributed by atoms with van der Waals surface area (Å²) >= 11 is 0. The van der Waals surface area contributed by atoms with Crippen molar-refractivity contribution in [1.82, 2.24) is 5.32 Å². The highest BCUT2D eigenvalue weighted by Gasteiger charge is 2.47. The summed E-state index contributed by atoms with van der Waals surface area (Å²) in [5, 5.41) is 5.62. The van der Waals surface area contributed by atoms with Crippen LogP contribution in [0.5, 0.6) is 5.75 Å². The lowest BCUT2D eigenvalue weighted by Crippen LogP contribution is -2.58. The van der Waals surface area contributed by atoms with Gasteiger partial charge < -0.3 is 15.4 Å². The summed E-state index contributed by atoms with van der Waals surface area (Å²) in [5.41, 5.74) is 1.48. The van der Waals surface area contributed by atoms with E-state index in [0.29, 0.717) is 18.0 Å². The SMILES string of the molecule is Cc1ccc2c(c1)NC(=O)[C@](C)(C(=O)NCCC1=CCCCC1)O2. The van der Waals surface area contributed by atoms with Crippen molar-refractivity contribution in [1.29, 1.82) is 0 Å². The van der Waals surface area contributed by atoms with Crippen molar-refractivity contribution >= 4 is 17.5 Å². The molecule has 0 unspecified atom stereocenters. The van der Waals surface area contributed by atoms with Crippen molar-refractivity contribution in [3.05, 3.63) is 35.4 Å². The first-order chi connectivity index (χ1) is 11.5. The third kappa shape index (κ3) is 3.30. The fourth-order valence-electron chi connectivity index (χ4n) is 3.12. The fraction of sp³-hybridized carbons (Fsp3) is 0.474. The third-order valence-electron chi connectivity index (χ3n) is 4.68. The summed E-state index contributed by atoms with van der Waals surface area (Å²) in [6.45, 7) is 3.98. The van der Waals surface area contributed by atoms with Crippen molar-refractivity contribution in [2.24, 2.45) is 0 Å². The molecule has 1 aromatic carbocycles. The smallest absolute Gasteiger partial charge is 0.278 e. The van der Waals surface area contributed by atoms with Gasteiger partial charge in [-0.3, -0.25) is 9.59 Å². The number of amides is 2. The Morgan fingerprint density at radius 3 is 2.96 bits per heavy atom. The molecule has 0 fully saturated rings. The lowest BCUT2D eigenvalue weighted by molar-refractivity contribution is -0.146. The number of carbonyl (C=O) groups excluding carboxylic acids is 2. The summed E-state index contributed by atoms with van der Waals surface area (Å²) in [4.78, 5) is 24.9. The summed E-state index contributed by atoms with van der Waals surface area (Å²) in [6, 6.07) is 5.51. The van der Waals surface area contributed by atoms with Crippen LogP contribution in [0.3, 0.4) is 0 Å². The summed E-state index contributed by atoms with van der Waals surface area (Å²) in [7, 11) is 0. The summed E-state index contributed by atoms with van der Waals surface area (Å²) in [6.07, 6.45) is 7.80. The van der Waals surface area contributed by atoms with Crippen LogP contribution in [0.15, 0.2) is 29.8 Å². The molecule has 1 atom stereocenters. The van der Waals surface area contributed by atoms with E-state index < -0.39 is 17.4 Å². The van der Waals surface area contributed by atoms with Gasteiger partial charge in [-0.05, 0) is 63.6 Å². The minimum atomic E-state index is -1.54. The maximum Gasteiger partial charge on any atom is 0.278 e. The van der Waals surface area contributed by atoms with Gasteiger partial charge in [-0.15, -0.1) is 0 Å². The lowest BCUT2D eigenvalue weighted by Gasteiger charge is -2.33. The topological polar surface area (TPSA) is 67.4 Å². The zero-order valence-corrected chi connectivity index (χ0v) is 14.3. The molecule has 0 saturated carbocycles. The van der Waals surface area contributed by atoms with Crippen molar-refractivity contribution in [3.8, 4) is 5.75 Å². The standard InChI is InChI=1S/C19H24N2O3/c1-13-8-9-16-15(12-13)21-18(23)19(2,24-16)17(22)20-11-10-14-6-4-3-5-7-14/h6,8-9,12H,3-5,7,10-11H2,1-2H3,(H,20,22)(H,21,23)/t19-/m0/s1. The molecule has 1 aromatic rings. The van der Waals surface area contributed by atoms with Crippen LogP contribution in [0.1, 0.15) is 44.6 Å². The van der Waals surface area contributed by atoms with Gasteiger partial charge in [-0.25, -0.2) is 0 Å². The molecule has 2 amide bonds.